The summed E-state index contributed by atoms with van der Waals surface area (Å²) in [6.45, 7) is 1.46. The number of benzene rings is 1. The van der Waals surface area contributed by atoms with Crippen LogP contribution in [0.5, 0.6) is 0 Å². The van der Waals surface area contributed by atoms with Crippen LogP contribution in [0.15, 0.2) is 24.3 Å². The van der Waals surface area contributed by atoms with E-state index in [0.29, 0.717) is 5.02 Å². The molecule has 0 aliphatic carbocycles. The van der Waals surface area contributed by atoms with E-state index in [9.17, 15) is 10.1 Å². The third-order valence-electron chi connectivity index (χ3n) is 2.32. The molecule has 0 saturated carbocycles. The molecule has 74 valence electrons. The van der Waals surface area contributed by atoms with Gasteiger partial charge < -0.3 is 0 Å². The molecule has 0 N–H and O–H groups in total. The number of epoxide rings is 1. The monoisotopic (exact) mass is 213 g/mol. The normalized spacial score (nSPS) is 30.0. The van der Waals surface area contributed by atoms with E-state index >= 15 is 0 Å². The van der Waals surface area contributed by atoms with Crippen molar-refractivity contribution in [3.05, 3.63) is 45.0 Å². The highest BCUT2D eigenvalue weighted by Gasteiger charge is 2.65. The molecule has 2 atom stereocenters. The molecule has 1 aliphatic rings. The number of halogens is 1. The zero-order valence-electron chi connectivity index (χ0n) is 7.44. The van der Waals surface area contributed by atoms with E-state index < -0.39 is 16.8 Å². The van der Waals surface area contributed by atoms with Gasteiger partial charge in [-0.2, -0.15) is 0 Å². The zero-order valence-corrected chi connectivity index (χ0v) is 8.19. The van der Waals surface area contributed by atoms with Gasteiger partial charge in [0.15, 0.2) is 6.10 Å². The molecular formula is C9H8ClNO3. The summed E-state index contributed by atoms with van der Waals surface area (Å²) < 4.78 is 5.05. The van der Waals surface area contributed by atoms with Crippen LogP contribution in [-0.4, -0.2) is 10.6 Å². The van der Waals surface area contributed by atoms with E-state index in [1.165, 1.54) is 6.92 Å². The minimum atomic E-state index is -1.26. The number of nitro groups is 1. The van der Waals surface area contributed by atoms with Crippen molar-refractivity contribution in [1.82, 2.24) is 0 Å². The standard InChI is InChI=1S/C9H8ClNO3/c1-9(11(12)13)8(14-9)6-2-4-7(10)5-3-6/h2-5,8H,1H3. The predicted molar refractivity (Wildman–Crippen MR) is 50.7 cm³/mol. The average molecular weight is 214 g/mol. The molecule has 1 aliphatic heterocycles. The van der Waals surface area contributed by atoms with Crippen LogP contribution < -0.4 is 0 Å². The van der Waals surface area contributed by atoms with E-state index in [2.05, 4.69) is 0 Å². The lowest BCUT2D eigenvalue weighted by atomic mass is 10.1. The summed E-state index contributed by atoms with van der Waals surface area (Å²) in [5.74, 6) is 0. The molecule has 2 unspecified atom stereocenters. The first-order valence-corrected chi connectivity index (χ1v) is 4.49. The Balaban J connectivity index is 2.21. The molecule has 1 saturated heterocycles. The van der Waals surface area contributed by atoms with Crippen LogP contribution in [0.1, 0.15) is 18.6 Å². The van der Waals surface area contributed by atoms with Gasteiger partial charge >= 0.3 is 5.72 Å². The summed E-state index contributed by atoms with van der Waals surface area (Å²) in [5, 5.41) is 11.2. The maximum absolute atomic E-state index is 10.6. The zero-order chi connectivity index (χ0) is 10.3. The topological polar surface area (TPSA) is 55.7 Å². The fourth-order valence-corrected chi connectivity index (χ4v) is 1.48. The summed E-state index contributed by atoms with van der Waals surface area (Å²) >= 11 is 5.70. The van der Waals surface area contributed by atoms with Gasteiger partial charge in [0.1, 0.15) is 0 Å². The summed E-state index contributed by atoms with van der Waals surface area (Å²) in [6, 6.07) is 6.86. The Morgan fingerprint density at radius 3 is 2.50 bits per heavy atom. The Morgan fingerprint density at radius 2 is 2.07 bits per heavy atom. The van der Waals surface area contributed by atoms with Gasteiger partial charge in [0, 0.05) is 11.9 Å². The fourth-order valence-electron chi connectivity index (χ4n) is 1.36. The van der Waals surface area contributed by atoms with Gasteiger partial charge in [0.25, 0.3) is 0 Å². The van der Waals surface area contributed by atoms with E-state index in [1.54, 1.807) is 24.3 Å². The SMILES string of the molecule is CC1([N+](=O)[O-])OC1c1ccc(Cl)cc1. The Kier molecular flexibility index (Phi) is 1.97. The van der Waals surface area contributed by atoms with Gasteiger partial charge in [-0.15, -0.1) is 0 Å². The Morgan fingerprint density at radius 1 is 1.50 bits per heavy atom. The lowest BCUT2D eigenvalue weighted by Crippen LogP contribution is -2.19. The van der Waals surface area contributed by atoms with Crippen molar-refractivity contribution in [3.63, 3.8) is 0 Å². The number of rotatable bonds is 2. The van der Waals surface area contributed by atoms with Crippen molar-refractivity contribution in [2.75, 3.05) is 0 Å². The van der Waals surface area contributed by atoms with Crippen molar-refractivity contribution in [1.29, 1.82) is 0 Å². The first-order valence-electron chi connectivity index (χ1n) is 4.12. The summed E-state index contributed by atoms with van der Waals surface area (Å²) in [4.78, 5) is 10.2. The van der Waals surface area contributed by atoms with Crippen LogP contribution in [0.3, 0.4) is 0 Å². The molecule has 1 heterocycles. The van der Waals surface area contributed by atoms with E-state index in [0.717, 1.165) is 5.56 Å². The summed E-state index contributed by atoms with van der Waals surface area (Å²) in [5.41, 5.74) is -0.470. The van der Waals surface area contributed by atoms with Crippen LogP contribution in [0.2, 0.25) is 5.02 Å². The van der Waals surface area contributed by atoms with E-state index in [-0.39, 0.29) is 0 Å². The van der Waals surface area contributed by atoms with Crippen LogP contribution >= 0.6 is 11.6 Å². The minimum absolute atomic E-state index is 0.410. The van der Waals surface area contributed by atoms with Crippen molar-refractivity contribution in [2.24, 2.45) is 0 Å². The molecule has 1 fully saturated rings. The molecule has 0 bridgehead atoms. The fraction of sp³-hybridized carbons (Fsp3) is 0.333. The Labute approximate surface area is 85.6 Å². The van der Waals surface area contributed by atoms with Crippen LogP contribution in [0.4, 0.5) is 0 Å². The maximum atomic E-state index is 10.6. The highest BCUT2D eigenvalue weighted by atomic mass is 35.5. The quantitative estimate of drug-likeness (QED) is 0.431. The molecule has 1 aromatic carbocycles. The second-order valence-electron chi connectivity index (χ2n) is 3.36. The van der Waals surface area contributed by atoms with Crippen LogP contribution in [0.25, 0.3) is 0 Å². The summed E-state index contributed by atoms with van der Waals surface area (Å²) in [7, 11) is 0. The molecule has 0 spiro atoms. The summed E-state index contributed by atoms with van der Waals surface area (Å²) in [6.07, 6.45) is -0.449. The molecule has 2 rings (SSSR count). The van der Waals surface area contributed by atoms with Crippen molar-refractivity contribution < 1.29 is 9.66 Å². The molecule has 1 aromatic rings. The highest BCUT2D eigenvalue weighted by Crippen LogP contribution is 2.49. The number of hydrogen-bond acceptors (Lipinski definition) is 3. The smallest absolute Gasteiger partial charge is 0.294 e. The largest absolute Gasteiger partial charge is 0.353 e. The van der Waals surface area contributed by atoms with Crippen LogP contribution in [0, 0.1) is 10.1 Å². The van der Waals surface area contributed by atoms with E-state index in [1.807, 2.05) is 0 Å². The molecule has 14 heavy (non-hydrogen) atoms. The van der Waals surface area contributed by atoms with Crippen molar-refractivity contribution >= 4 is 11.6 Å². The lowest BCUT2D eigenvalue weighted by Gasteiger charge is -1.97. The van der Waals surface area contributed by atoms with E-state index in [4.69, 9.17) is 16.3 Å². The van der Waals surface area contributed by atoms with Gasteiger partial charge in [-0.25, -0.2) is 0 Å². The van der Waals surface area contributed by atoms with Gasteiger partial charge in [-0.05, 0) is 17.7 Å². The second kappa shape index (κ2) is 2.93. The van der Waals surface area contributed by atoms with Gasteiger partial charge in [-0.3, -0.25) is 14.9 Å². The van der Waals surface area contributed by atoms with Crippen molar-refractivity contribution in [3.8, 4) is 0 Å². The minimum Gasteiger partial charge on any atom is -0.294 e. The number of ether oxygens (including phenoxy) is 1. The molecular weight excluding hydrogens is 206 g/mol. The van der Waals surface area contributed by atoms with Gasteiger partial charge in [0.2, 0.25) is 0 Å². The maximum Gasteiger partial charge on any atom is 0.353 e. The first-order chi connectivity index (χ1) is 6.54. The second-order valence-corrected chi connectivity index (χ2v) is 3.80. The van der Waals surface area contributed by atoms with Crippen molar-refractivity contribution in [2.45, 2.75) is 18.8 Å². The van der Waals surface area contributed by atoms with Gasteiger partial charge in [0.05, 0.1) is 4.92 Å². The third-order valence-corrected chi connectivity index (χ3v) is 2.57. The van der Waals surface area contributed by atoms with Gasteiger partial charge in [-0.1, -0.05) is 23.7 Å². The third kappa shape index (κ3) is 1.36. The molecule has 4 nitrogen and oxygen atoms in total. The lowest BCUT2D eigenvalue weighted by molar-refractivity contribution is -0.558. The molecule has 0 radical (unpaired) electrons. The van der Waals surface area contributed by atoms with Crippen LogP contribution in [-0.2, 0) is 4.74 Å². The first kappa shape index (κ1) is 9.43. The number of nitrogens with zero attached hydrogens (tertiary/aromatic N) is 1. The molecule has 5 heteroatoms. The molecule has 0 amide bonds. The Hall–Kier alpha value is -1.13. The average Bonchev–Trinajstić information content (AvgIpc) is 2.81. The highest BCUT2D eigenvalue weighted by molar-refractivity contribution is 6.30. The number of hydrogen-bond donors (Lipinski definition) is 0. The predicted octanol–water partition coefficient (Wildman–Crippen LogP) is 2.40. The molecule has 0 aromatic heterocycles. The Bertz CT molecular complexity index is 378.